The van der Waals surface area contributed by atoms with Gasteiger partial charge in [0.15, 0.2) is 0 Å². The topological polar surface area (TPSA) is 20.2 Å². The molecule has 0 fully saturated rings. The van der Waals surface area contributed by atoms with Crippen molar-refractivity contribution in [2.45, 2.75) is 26.7 Å². The van der Waals surface area contributed by atoms with Gasteiger partial charge in [0.05, 0.1) is 0 Å². The molecule has 98 valence electrons. The van der Waals surface area contributed by atoms with E-state index in [9.17, 15) is 5.11 Å². The lowest BCUT2D eigenvalue weighted by Crippen LogP contribution is -1.93. The monoisotopic (exact) mass is 252 g/mol. The summed E-state index contributed by atoms with van der Waals surface area (Å²) in [6.45, 7) is 4.20. The predicted octanol–water partition coefficient (Wildman–Crippen LogP) is 4.69. The number of aromatic hydroxyl groups is 1. The Morgan fingerprint density at radius 2 is 1.63 bits per heavy atom. The van der Waals surface area contributed by atoms with Crippen molar-refractivity contribution in [3.05, 3.63) is 64.7 Å². The van der Waals surface area contributed by atoms with E-state index >= 15 is 0 Å². The molecule has 0 saturated heterocycles. The minimum atomic E-state index is 0.425. The van der Waals surface area contributed by atoms with Gasteiger partial charge < -0.3 is 5.11 Å². The van der Waals surface area contributed by atoms with Crippen molar-refractivity contribution in [1.82, 2.24) is 0 Å². The Labute approximate surface area is 115 Å². The van der Waals surface area contributed by atoms with Crippen LogP contribution in [-0.4, -0.2) is 5.11 Å². The smallest absolute Gasteiger partial charge is 0.126 e. The maximum absolute atomic E-state index is 10.3. The fourth-order valence-electron chi connectivity index (χ4n) is 2.31. The second-order valence-corrected chi connectivity index (χ2v) is 4.59. The second-order valence-electron chi connectivity index (χ2n) is 4.59. The zero-order chi connectivity index (χ0) is 13.7. The van der Waals surface area contributed by atoms with Crippen molar-refractivity contribution in [3.8, 4) is 5.75 Å². The van der Waals surface area contributed by atoms with Gasteiger partial charge in [-0.15, -0.1) is 0 Å². The van der Waals surface area contributed by atoms with Gasteiger partial charge in [-0.05, 0) is 29.5 Å². The third-order valence-electron chi connectivity index (χ3n) is 3.40. The first-order valence-corrected chi connectivity index (χ1v) is 6.83. The number of aryl methyl sites for hydroxylation is 1. The van der Waals surface area contributed by atoms with Crippen molar-refractivity contribution >= 4 is 12.2 Å². The van der Waals surface area contributed by atoms with Crippen LogP contribution in [0.2, 0.25) is 0 Å². The van der Waals surface area contributed by atoms with Gasteiger partial charge in [-0.3, -0.25) is 0 Å². The molecular weight excluding hydrogens is 232 g/mol. The number of hydrogen-bond donors (Lipinski definition) is 1. The van der Waals surface area contributed by atoms with Crippen molar-refractivity contribution in [2.24, 2.45) is 0 Å². The summed E-state index contributed by atoms with van der Waals surface area (Å²) >= 11 is 0. The highest BCUT2D eigenvalue weighted by Gasteiger charge is 2.08. The molecule has 0 aliphatic heterocycles. The van der Waals surface area contributed by atoms with Gasteiger partial charge >= 0.3 is 0 Å². The zero-order valence-corrected chi connectivity index (χ0v) is 11.6. The molecule has 1 nitrogen and oxygen atoms in total. The summed E-state index contributed by atoms with van der Waals surface area (Å²) in [7, 11) is 0. The van der Waals surface area contributed by atoms with Crippen LogP contribution in [0.4, 0.5) is 0 Å². The van der Waals surface area contributed by atoms with E-state index in [0.717, 1.165) is 29.5 Å². The average molecular weight is 252 g/mol. The Morgan fingerprint density at radius 3 is 2.26 bits per heavy atom. The van der Waals surface area contributed by atoms with Crippen molar-refractivity contribution < 1.29 is 5.11 Å². The predicted molar refractivity (Wildman–Crippen MR) is 82.2 cm³/mol. The van der Waals surface area contributed by atoms with Crippen molar-refractivity contribution in [3.63, 3.8) is 0 Å². The lowest BCUT2D eigenvalue weighted by molar-refractivity contribution is 0.466. The van der Waals surface area contributed by atoms with Gasteiger partial charge in [-0.2, -0.15) is 0 Å². The van der Waals surface area contributed by atoms with Crippen LogP contribution in [0.1, 0.15) is 36.1 Å². The summed E-state index contributed by atoms with van der Waals surface area (Å²) in [5.74, 6) is 0.425. The van der Waals surface area contributed by atoms with E-state index in [4.69, 9.17) is 0 Å². The molecule has 2 aromatic rings. The van der Waals surface area contributed by atoms with Crippen LogP contribution < -0.4 is 0 Å². The highest BCUT2D eigenvalue weighted by Crippen LogP contribution is 2.28. The van der Waals surface area contributed by atoms with Crippen LogP contribution in [0.3, 0.4) is 0 Å². The molecule has 0 bridgehead atoms. The van der Waals surface area contributed by atoms with E-state index in [1.165, 1.54) is 5.56 Å². The van der Waals surface area contributed by atoms with E-state index in [2.05, 4.69) is 32.0 Å². The molecule has 0 aliphatic rings. The first kappa shape index (κ1) is 13.4. The molecule has 0 radical (unpaired) electrons. The lowest BCUT2D eigenvalue weighted by atomic mass is 9.98. The van der Waals surface area contributed by atoms with E-state index < -0.39 is 0 Å². The normalized spacial score (nSPS) is 11.1. The number of benzene rings is 2. The first-order chi connectivity index (χ1) is 9.26. The second kappa shape index (κ2) is 6.24. The quantitative estimate of drug-likeness (QED) is 0.783. The molecule has 0 heterocycles. The molecule has 19 heavy (non-hydrogen) atoms. The third-order valence-corrected chi connectivity index (χ3v) is 3.40. The maximum atomic E-state index is 10.3. The summed E-state index contributed by atoms with van der Waals surface area (Å²) < 4.78 is 0. The van der Waals surface area contributed by atoms with Gasteiger partial charge in [0.25, 0.3) is 0 Å². The van der Waals surface area contributed by atoms with E-state index in [0.29, 0.717) is 5.75 Å². The Hall–Kier alpha value is -2.02. The van der Waals surface area contributed by atoms with Crippen LogP contribution in [-0.2, 0) is 12.8 Å². The van der Waals surface area contributed by atoms with Gasteiger partial charge in [0.2, 0.25) is 0 Å². The SMILES string of the molecule is CCc1ccc(C=Cc2ccccc2)c(O)c1CC. The lowest BCUT2D eigenvalue weighted by Gasteiger charge is -2.10. The number of phenols is 1. The van der Waals surface area contributed by atoms with Gasteiger partial charge in [0.1, 0.15) is 5.75 Å². The molecule has 0 unspecified atom stereocenters. The van der Waals surface area contributed by atoms with Crippen molar-refractivity contribution in [2.75, 3.05) is 0 Å². The molecule has 1 N–H and O–H groups in total. The summed E-state index contributed by atoms with van der Waals surface area (Å²) in [6.07, 6.45) is 5.82. The van der Waals surface area contributed by atoms with Crippen molar-refractivity contribution in [1.29, 1.82) is 0 Å². The molecule has 2 aromatic carbocycles. The molecule has 0 aromatic heterocycles. The summed E-state index contributed by atoms with van der Waals surface area (Å²) in [5, 5.41) is 10.3. The Kier molecular flexibility index (Phi) is 4.40. The van der Waals surface area contributed by atoms with Crippen LogP contribution in [0, 0.1) is 0 Å². The first-order valence-electron chi connectivity index (χ1n) is 6.83. The van der Waals surface area contributed by atoms with Crippen LogP contribution in [0.15, 0.2) is 42.5 Å². The molecule has 1 heteroatoms. The Morgan fingerprint density at radius 1 is 0.895 bits per heavy atom. The summed E-state index contributed by atoms with van der Waals surface area (Å²) in [6, 6.07) is 14.2. The van der Waals surface area contributed by atoms with Crippen LogP contribution >= 0.6 is 0 Å². The molecule has 2 rings (SSSR count). The maximum Gasteiger partial charge on any atom is 0.126 e. The molecule has 0 amide bonds. The van der Waals surface area contributed by atoms with Gasteiger partial charge in [-0.1, -0.05) is 68.5 Å². The summed E-state index contributed by atoms with van der Waals surface area (Å²) in [5.41, 5.74) is 4.33. The zero-order valence-electron chi connectivity index (χ0n) is 11.6. The summed E-state index contributed by atoms with van der Waals surface area (Å²) in [4.78, 5) is 0. The Bertz CT molecular complexity index is 568. The highest BCUT2D eigenvalue weighted by atomic mass is 16.3. The van der Waals surface area contributed by atoms with E-state index in [1.807, 2.05) is 36.4 Å². The minimum Gasteiger partial charge on any atom is -0.507 e. The van der Waals surface area contributed by atoms with Crippen LogP contribution in [0.25, 0.3) is 12.2 Å². The van der Waals surface area contributed by atoms with E-state index in [1.54, 1.807) is 0 Å². The molecule has 0 aliphatic carbocycles. The minimum absolute atomic E-state index is 0.425. The number of rotatable bonds is 4. The average Bonchev–Trinajstić information content (AvgIpc) is 2.46. The molecule has 0 atom stereocenters. The largest absolute Gasteiger partial charge is 0.507 e. The third kappa shape index (κ3) is 3.05. The Balaban J connectivity index is 2.34. The molecular formula is C18H20O. The van der Waals surface area contributed by atoms with Crippen LogP contribution in [0.5, 0.6) is 5.75 Å². The van der Waals surface area contributed by atoms with E-state index in [-0.39, 0.29) is 0 Å². The fourth-order valence-corrected chi connectivity index (χ4v) is 2.31. The fraction of sp³-hybridized carbons (Fsp3) is 0.222. The number of phenolic OH excluding ortho intramolecular Hbond substituents is 1. The highest BCUT2D eigenvalue weighted by molar-refractivity contribution is 5.73. The van der Waals surface area contributed by atoms with Gasteiger partial charge in [-0.25, -0.2) is 0 Å². The molecule has 0 spiro atoms. The standard InChI is InChI=1S/C18H20O/c1-3-15-12-13-16(18(19)17(15)4-2)11-10-14-8-6-5-7-9-14/h5-13,19H,3-4H2,1-2H3. The van der Waals surface area contributed by atoms with Gasteiger partial charge in [0, 0.05) is 5.56 Å². The number of hydrogen-bond acceptors (Lipinski definition) is 1. The molecule has 0 saturated carbocycles.